The summed E-state index contributed by atoms with van der Waals surface area (Å²) in [5.74, 6) is -1.09. The lowest BCUT2D eigenvalue weighted by atomic mass is 10.0. The minimum Gasteiger partial charge on any atom is -0.481 e. The van der Waals surface area contributed by atoms with E-state index in [-0.39, 0.29) is 18.4 Å². The molecule has 0 heterocycles. The highest BCUT2D eigenvalue weighted by molar-refractivity contribution is 6.35. The molecule has 4 nitrogen and oxygen atoms in total. The summed E-state index contributed by atoms with van der Waals surface area (Å²) in [5, 5.41) is 12.5. The van der Waals surface area contributed by atoms with Gasteiger partial charge in [0.15, 0.2) is 0 Å². The Hall–Kier alpha value is -1.26. The first-order valence-corrected chi connectivity index (χ1v) is 6.57. The molecule has 104 valence electrons. The molecule has 1 amide bonds. The fourth-order valence-corrected chi connectivity index (χ4v) is 2.25. The van der Waals surface area contributed by atoms with Crippen molar-refractivity contribution in [3.63, 3.8) is 0 Å². The Balaban J connectivity index is 2.74. The zero-order valence-corrected chi connectivity index (χ0v) is 12.0. The van der Waals surface area contributed by atoms with Gasteiger partial charge in [-0.15, -0.1) is 0 Å². The van der Waals surface area contributed by atoms with Gasteiger partial charge in [-0.25, -0.2) is 0 Å². The predicted molar refractivity (Wildman–Crippen MR) is 74.6 cm³/mol. The second-order valence-electron chi connectivity index (χ2n) is 4.27. The van der Waals surface area contributed by atoms with Crippen molar-refractivity contribution >= 4 is 35.1 Å². The van der Waals surface area contributed by atoms with Crippen LogP contribution >= 0.6 is 23.2 Å². The first kappa shape index (κ1) is 15.8. The fraction of sp³-hybridized carbons (Fsp3) is 0.385. The molecule has 1 unspecified atom stereocenters. The maximum absolute atomic E-state index is 11.1. The molecule has 1 rings (SSSR count). The first-order chi connectivity index (χ1) is 8.88. The second-order valence-corrected chi connectivity index (χ2v) is 5.11. The van der Waals surface area contributed by atoms with Crippen LogP contribution < -0.4 is 5.32 Å². The van der Waals surface area contributed by atoms with Crippen molar-refractivity contribution in [2.24, 2.45) is 0 Å². The molecule has 0 aliphatic heterocycles. The molecule has 2 N–H and O–H groups in total. The van der Waals surface area contributed by atoms with E-state index in [2.05, 4.69) is 5.32 Å². The van der Waals surface area contributed by atoms with Gasteiger partial charge in [-0.2, -0.15) is 0 Å². The third-order valence-electron chi connectivity index (χ3n) is 2.60. The molecule has 0 aliphatic carbocycles. The standard InChI is InChI=1S/C13H15Cl2NO3/c1-8(17)16-11(4-5-13(18)19)6-9-2-3-10(14)7-12(9)15/h2-3,7,11H,4-6H2,1H3,(H,16,17)(H,18,19). The van der Waals surface area contributed by atoms with Crippen LogP contribution in [0.15, 0.2) is 18.2 Å². The average molecular weight is 304 g/mol. The van der Waals surface area contributed by atoms with E-state index in [1.54, 1.807) is 18.2 Å². The summed E-state index contributed by atoms with van der Waals surface area (Å²) in [6.45, 7) is 1.40. The molecule has 0 saturated heterocycles. The molecule has 19 heavy (non-hydrogen) atoms. The summed E-state index contributed by atoms with van der Waals surface area (Å²) in [4.78, 5) is 21.7. The fourth-order valence-electron chi connectivity index (χ4n) is 1.76. The molecule has 0 aromatic heterocycles. The van der Waals surface area contributed by atoms with Crippen molar-refractivity contribution in [3.8, 4) is 0 Å². The number of carbonyl (C=O) groups excluding carboxylic acids is 1. The number of aliphatic carboxylic acids is 1. The smallest absolute Gasteiger partial charge is 0.303 e. The minimum atomic E-state index is -0.891. The Kier molecular flexibility index (Phi) is 6.12. The molecule has 0 fully saturated rings. The maximum Gasteiger partial charge on any atom is 0.303 e. The summed E-state index contributed by atoms with van der Waals surface area (Å²) in [5.41, 5.74) is 0.829. The number of halogens is 2. The molecule has 1 atom stereocenters. The highest BCUT2D eigenvalue weighted by atomic mass is 35.5. The predicted octanol–water partition coefficient (Wildman–Crippen LogP) is 2.91. The molecular weight excluding hydrogens is 289 g/mol. The molecule has 0 radical (unpaired) electrons. The average Bonchev–Trinajstić information content (AvgIpc) is 2.28. The SMILES string of the molecule is CC(=O)NC(CCC(=O)O)Cc1ccc(Cl)cc1Cl. The Morgan fingerprint density at radius 2 is 2.05 bits per heavy atom. The van der Waals surface area contributed by atoms with Gasteiger partial charge >= 0.3 is 5.97 Å². The molecule has 0 bridgehead atoms. The van der Waals surface area contributed by atoms with Crippen LogP contribution in [-0.2, 0) is 16.0 Å². The molecule has 1 aromatic carbocycles. The molecule has 6 heteroatoms. The quantitative estimate of drug-likeness (QED) is 0.849. The van der Waals surface area contributed by atoms with Crippen LogP contribution in [0.3, 0.4) is 0 Å². The number of rotatable bonds is 6. The zero-order valence-electron chi connectivity index (χ0n) is 10.5. The summed E-state index contributed by atoms with van der Waals surface area (Å²) in [7, 11) is 0. The largest absolute Gasteiger partial charge is 0.481 e. The van der Waals surface area contributed by atoms with Gasteiger partial charge < -0.3 is 10.4 Å². The number of carbonyl (C=O) groups is 2. The lowest BCUT2D eigenvalue weighted by Gasteiger charge is -2.18. The van der Waals surface area contributed by atoms with Gasteiger partial charge in [0.05, 0.1) is 0 Å². The van der Waals surface area contributed by atoms with Gasteiger partial charge in [0.25, 0.3) is 0 Å². The molecular formula is C13H15Cl2NO3. The molecule has 0 spiro atoms. The van der Waals surface area contributed by atoms with E-state index in [0.717, 1.165) is 5.56 Å². The van der Waals surface area contributed by atoms with Crippen LogP contribution in [0.25, 0.3) is 0 Å². The number of nitrogens with one attached hydrogen (secondary N) is 1. The van der Waals surface area contributed by atoms with Crippen molar-refractivity contribution in [1.82, 2.24) is 5.32 Å². The Morgan fingerprint density at radius 1 is 1.37 bits per heavy atom. The summed E-state index contributed by atoms with van der Waals surface area (Å²) < 4.78 is 0. The van der Waals surface area contributed by atoms with E-state index >= 15 is 0 Å². The Labute approximate surface area is 121 Å². The highest BCUT2D eigenvalue weighted by Gasteiger charge is 2.14. The molecule has 0 aliphatic rings. The number of carboxylic acid groups (broad SMARTS) is 1. The van der Waals surface area contributed by atoms with Gasteiger partial charge in [0, 0.05) is 29.4 Å². The van der Waals surface area contributed by atoms with Crippen molar-refractivity contribution < 1.29 is 14.7 Å². The van der Waals surface area contributed by atoms with Gasteiger partial charge in [-0.05, 0) is 30.5 Å². The second kappa shape index (κ2) is 7.36. The third kappa shape index (κ3) is 5.94. The lowest BCUT2D eigenvalue weighted by Crippen LogP contribution is -2.35. The van der Waals surface area contributed by atoms with Gasteiger partial charge in [0.1, 0.15) is 0 Å². The van der Waals surface area contributed by atoms with Crippen molar-refractivity contribution in [3.05, 3.63) is 33.8 Å². The van der Waals surface area contributed by atoms with Gasteiger partial charge in [-0.3, -0.25) is 9.59 Å². The Morgan fingerprint density at radius 3 is 2.58 bits per heavy atom. The van der Waals surface area contributed by atoms with E-state index in [0.29, 0.717) is 22.9 Å². The summed E-state index contributed by atoms with van der Waals surface area (Å²) in [6.07, 6.45) is 0.826. The van der Waals surface area contributed by atoms with E-state index in [1.807, 2.05) is 0 Å². The maximum atomic E-state index is 11.1. The zero-order chi connectivity index (χ0) is 14.4. The van der Waals surface area contributed by atoms with Crippen LogP contribution in [-0.4, -0.2) is 23.0 Å². The summed E-state index contributed by atoms with van der Waals surface area (Å²) >= 11 is 11.9. The first-order valence-electron chi connectivity index (χ1n) is 5.81. The van der Waals surface area contributed by atoms with E-state index in [4.69, 9.17) is 28.3 Å². The van der Waals surface area contributed by atoms with Crippen LogP contribution in [0.1, 0.15) is 25.3 Å². The number of hydrogen-bond donors (Lipinski definition) is 2. The normalized spacial score (nSPS) is 11.9. The monoisotopic (exact) mass is 303 g/mol. The van der Waals surface area contributed by atoms with Crippen molar-refractivity contribution in [1.29, 1.82) is 0 Å². The lowest BCUT2D eigenvalue weighted by molar-refractivity contribution is -0.137. The van der Waals surface area contributed by atoms with Gasteiger partial charge in [0.2, 0.25) is 5.91 Å². The van der Waals surface area contributed by atoms with Crippen LogP contribution in [0.2, 0.25) is 10.0 Å². The minimum absolute atomic E-state index is 0.00381. The van der Waals surface area contributed by atoms with Crippen LogP contribution in [0.5, 0.6) is 0 Å². The number of carboxylic acids is 1. The third-order valence-corrected chi connectivity index (χ3v) is 3.18. The van der Waals surface area contributed by atoms with Crippen molar-refractivity contribution in [2.75, 3.05) is 0 Å². The highest BCUT2D eigenvalue weighted by Crippen LogP contribution is 2.22. The number of benzene rings is 1. The number of hydrogen-bond acceptors (Lipinski definition) is 2. The van der Waals surface area contributed by atoms with E-state index in [9.17, 15) is 9.59 Å². The van der Waals surface area contributed by atoms with Gasteiger partial charge in [-0.1, -0.05) is 29.3 Å². The van der Waals surface area contributed by atoms with E-state index in [1.165, 1.54) is 6.92 Å². The summed E-state index contributed by atoms with van der Waals surface area (Å²) in [6, 6.07) is 4.86. The molecule has 0 saturated carbocycles. The van der Waals surface area contributed by atoms with E-state index < -0.39 is 5.97 Å². The molecule has 1 aromatic rings. The van der Waals surface area contributed by atoms with Crippen LogP contribution in [0, 0.1) is 0 Å². The number of amides is 1. The topological polar surface area (TPSA) is 66.4 Å². The Bertz CT molecular complexity index is 477. The van der Waals surface area contributed by atoms with Crippen molar-refractivity contribution in [2.45, 2.75) is 32.2 Å². The van der Waals surface area contributed by atoms with Crippen LogP contribution in [0.4, 0.5) is 0 Å².